The number of allylic oxidation sites excluding steroid dienone is 3. The van der Waals surface area contributed by atoms with Crippen LogP contribution < -0.4 is 5.73 Å². The highest BCUT2D eigenvalue weighted by Gasteiger charge is 2.16. The van der Waals surface area contributed by atoms with Gasteiger partial charge in [-0.05, 0) is 18.2 Å². The van der Waals surface area contributed by atoms with Gasteiger partial charge in [-0.1, -0.05) is 12.2 Å². The molecule has 2 heterocycles. The van der Waals surface area contributed by atoms with Crippen molar-refractivity contribution in [2.45, 2.75) is 0 Å². The number of nitrogens with two attached hydrogens (primary N) is 1. The summed E-state index contributed by atoms with van der Waals surface area (Å²) in [5, 5.41) is 0. The van der Waals surface area contributed by atoms with Crippen LogP contribution in [0.1, 0.15) is 0 Å². The number of hydrogen-bond donors (Lipinski definition) is 1. The Morgan fingerprint density at radius 3 is 2.86 bits per heavy atom. The molecule has 1 atom stereocenters. The maximum Gasteiger partial charge on any atom is 0.228 e. The normalized spacial score (nSPS) is 22.4. The average Bonchev–Trinajstić information content (AvgIpc) is 2.17. The number of rotatable bonds is 1. The molecular formula is C10H11ClN2O. The molecule has 2 aliphatic heterocycles. The smallest absolute Gasteiger partial charge is 0.228 e. The molecule has 0 fully saturated rings. The first-order valence-electron chi connectivity index (χ1n) is 4.10. The van der Waals surface area contributed by atoms with Crippen molar-refractivity contribution in [3.05, 3.63) is 48.5 Å². The Morgan fingerprint density at radius 1 is 1.36 bits per heavy atom. The standard InChI is InChI=1S/C10H10N2O.ClH/c11-10(13)8-4-6-12-5-2-1-3-9(12)7-8;/h1-8H,(H2,11,13);1H. The minimum atomic E-state index is -0.314. The summed E-state index contributed by atoms with van der Waals surface area (Å²) in [4.78, 5) is 12.8. The molecule has 4 heteroatoms. The third kappa shape index (κ3) is 1.88. The minimum absolute atomic E-state index is 0. The van der Waals surface area contributed by atoms with Crippen LogP contribution in [0.2, 0.25) is 0 Å². The highest BCUT2D eigenvalue weighted by molar-refractivity contribution is 5.85. The Kier molecular flexibility index (Phi) is 3.14. The summed E-state index contributed by atoms with van der Waals surface area (Å²) in [6, 6.07) is 0. The quantitative estimate of drug-likeness (QED) is 0.709. The van der Waals surface area contributed by atoms with E-state index in [1.54, 1.807) is 6.08 Å². The van der Waals surface area contributed by atoms with Gasteiger partial charge < -0.3 is 10.6 Å². The first kappa shape index (κ1) is 10.6. The molecule has 1 unspecified atom stereocenters. The molecule has 74 valence electrons. The van der Waals surface area contributed by atoms with Crippen LogP contribution in [0.15, 0.2) is 48.5 Å². The van der Waals surface area contributed by atoms with Gasteiger partial charge in [0.05, 0.1) is 5.92 Å². The molecule has 0 aliphatic carbocycles. The maximum absolute atomic E-state index is 10.9. The van der Waals surface area contributed by atoms with E-state index in [9.17, 15) is 4.79 Å². The second-order valence-corrected chi connectivity index (χ2v) is 2.97. The number of nitrogens with zero attached hydrogens (tertiary/aromatic N) is 1. The summed E-state index contributed by atoms with van der Waals surface area (Å²) in [6.07, 6.45) is 13.2. The van der Waals surface area contributed by atoms with Gasteiger partial charge in [0.25, 0.3) is 0 Å². The van der Waals surface area contributed by atoms with Gasteiger partial charge in [-0.2, -0.15) is 0 Å². The fourth-order valence-corrected chi connectivity index (χ4v) is 1.35. The highest BCUT2D eigenvalue weighted by atomic mass is 35.5. The number of carbonyl (C=O) groups is 1. The highest BCUT2D eigenvalue weighted by Crippen LogP contribution is 2.20. The molecule has 0 aromatic heterocycles. The summed E-state index contributed by atoms with van der Waals surface area (Å²) in [5.41, 5.74) is 6.19. The van der Waals surface area contributed by atoms with E-state index in [1.807, 2.05) is 41.6 Å². The number of hydrogen-bond acceptors (Lipinski definition) is 2. The Labute approximate surface area is 88.7 Å². The number of carbonyl (C=O) groups excluding carboxylic acids is 1. The Hall–Kier alpha value is -1.48. The van der Waals surface area contributed by atoms with E-state index in [0.717, 1.165) is 5.70 Å². The van der Waals surface area contributed by atoms with Gasteiger partial charge in [0, 0.05) is 18.1 Å². The number of amides is 1. The number of halogens is 1. The van der Waals surface area contributed by atoms with E-state index in [0.29, 0.717) is 0 Å². The topological polar surface area (TPSA) is 46.3 Å². The summed E-state index contributed by atoms with van der Waals surface area (Å²) in [6.45, 7) is 0. The van der Waals surface area contributed by atoms with Crippen molar-refractivity contribution in [3.8, 4) is 0 Å². The summed E-state index contributed by atoms with van der Waals surface area (Å²) in [7, 11) is 0. The largest absolute Gasteiger partial charge is 0.369 e. The van der Waals surface area contributed by atoms with E-state index < -0.39 is 0 Å². The molecule has 3 nitrogen and oxygen atoms in total. The molecule has 0 radical (unpaired) electrons. The second-order valence-electron chi connectivity index (χ2n) is 2.97. The van der Waals surface area contributed by atoms with Crippen LogP contribution in [0.5, 0.6) is 0 Å². The van der Waals surface area contributed by atoms with Crippen LogP contribution in [0.25, 0.3) is 0 Å². The molecule has 0 bridgehead atoms. The molecule has 2 N–H and O–H groups in total. The van der Waals surface area contributed by atoms with Gasteiger partial charge in [-0.15, -0.1) is 12.4 Å². The van der Waals surface area contributed by atoms with E-state index in [1.165, 1.54) is 0 Å². The zero-order valence-corrected chi connectivity index (χ0v) is 8.28. The molecule has 14 heavy (non-hydrogen) atoms. The fraction of sp³-hybridized carbons (Fsp3) is 0.100. The van der Waals surface area contributed by atoms with Gasteiger partial charge in [0.1, 0.15) is 0 Å². The third-order valence-electron chi connectivity index (χ3n) is 2.06. The minimum Gasteiger partial charge on any atom is -0.369 e. The van der Waals surface area contributed by atoms with Gasteiger partial charge in [0.15, 0.2) is 0 Å². The van der Waals surface area contributed by atoms with Gasteiger partial charge in [-0.25, -0.2) is 0 Å². The van der Waals surface area contributed by atoms with Crippen LogP contribution >= 0.6 is 12.4 Å². The molecule has 0 saturated carbocycles. The molecular weight excluding hydrogens is 200 g/mol. The number of fused-ring (bicyclic) bond motifs is 1. The van der Waals surface area contributed by atoms with Gasteiger partial charge in [0.2, 0.25) is 5.91 Å². The van der Waals surface area contributed by atoms with E-state index >= 15 is 0 Å². The zero-order chi connectivity index (χ0) is 9.26. The first-order valence-corrected chi connectivity index (χ1v) is 4.10. The Balaban J connectivity index is 0.000000980. The maximum atomic E-state index is 10.9. The van der Waals surface area contributed by atoms with Crippen molar-refractivity contribution in [1.82, 2.24) is 4.90 Å². The lowest BCUT2D eigenvalue weighted by Gasteiger charge is -2.24. The lowest BCUT2D eigenvalue weighted by Crippen LogP contribution is -2.25. The molecule has 0 saturated heterocycles. The monoisotopic (exact) mass is 210 g/mol. The molecule has 0 spiro atoms. The third-order valence-corrected chi connectivity index (χ3v) is 2.06. The molecule has 2 rings (SSSR count). The van der Waals surface area contributed by atoms with Crippen molar-refractivity contribution < 1.29 is 4.79 Å². The average molecular weight is 211 g/mol. The van der Waals surface area contributed by atoms with Crippen LogP contribution in [-0.4, -0.2) is 10.8 Å². The van der Waals surface area contributed by atoms with Gasteiger partial charge in [-0.3, -0.25) is 4.79 Å². The molecule has 0 aromatic carbocycles. The SMILES string of the molecule is Cl.NC(=O)C1C=CN2C=CC=CC2=C1. The van der Waals surface area contributed by atoms with Gasteiger partial charge >= 0.3 is 0 Å². The lowest BCUT2D eigenvalue weighted by molar-refractivity contribution is -0.119. The predicted molar refractivity (Wildman–Crippen MR) is 57.3 cm³/mol. The summed E-state index contributed by atoms with van der Waals surface area (Å²) < 4.78 is 0. The molecule has 2 aliphatic rings. The first-order chi connectivity index (χ1) is 6.27. The summed E-state index contributed by atoms with van der Waals surface area (Å²) >= 11 is 0. The van der Waals surface area contributed by atoms with Crippen LogP contribution in [0.3, 0.4) is 0 Å². The van der Waals surface area contributed by atoms with E-state index in [2.05, 4.69) is 0 Å². The zero-order valence-electron chi connectivity index (χ0n) is 7.46. The van der Waals surface area contributed by atoms with Crippen molar-refractivity contribution in [2.24, 2.45) is 11.7 Å². The Morgan fingerprint density at radius 2 is 2.14 bits per heavy atom. The van der Waals surface area contributed by atoms with Crippen molar-refractivity contribution >= 4 is 18.3 Å². The predicted octanol–water partition coefficient (Wildman–Crippen LogP) is 1.31. The molecule has 1 amide bonds. The van der Waals surface area contributed by atoms with Crippen LogP contribution in [-0.2, 0) is 4.79 Å². The van der Waals surface area contributed by atoms with E-state index in [-0.39, 0.29) is 24.2 Å². The number of primary amides is 1. The lowest BCUT2D eigenvalue weighted by atomic mass is 10.0. The van der Waals surface area contributed by atoms with Crippen molar-refractivity contribution in [3.63, 3.8) is 0 Å². The van der Waals surface area contributed by atoms with E-state index in [4.69, 9.17) is 5.73 Å². The second kappa shape index (κ2) is 4.15. The summed E-state index contributed by atoms with van der Waals surface area (Å²) in [5.74, 6) is -0.589. The Bertz CT molecular complexity index is 355. The van der Waals surface area contributed by atoms with Crippen LogP contribution in [0, 0.1) is 5.92 Å². The van der Waals surface area contributed by atoms with Crippen LogP contribution in [0.4, 0.5) is 0 Å². The fourth-order valence-electron chi connectivity index (χ4n) is 1.35. The van der Waals surface area contributed by atoms with Crippen molar-refractivity contribution in [2.75, 3.05) is 0 Å². The molecule has 0 aromatic rings. The van der Waals surface area contributed by atoms with Crippen molar-refractivity contribution in [1.29, 1.82) is 0 Å².